The number of hydrogen-bond acceptors (Lipinski definition) is 3. The van der Waals surface area contributed by atoms with E-state index in [0.717, 1.165) is 32.1 Å². The van der Waals surface area contributed by atoms with E-state index in [4.69, 9.17) is 9.47 Å². The van der Waals surface area contributed by atoms with Crippen LogP contribution in [0.5, 0.6) is 5.75 Å². The molecule has 3 heteroatoms. The largest absolute Gasteiger partial charge is 0.492 e. The molecule has 0 spiro atoms. The first-order chi connectivity index (χ1) is 9.25. The van der Waals surface area contributed by atoms with Gasteiger partial charge in [-0.15, -0.1) is 0 Å². The molecule has 1 aliphatic rings. The van der Waals surface area contributed by atoms with Gasteiger partial charge in [-0.25, -0.2) is 0 Å². The van der Waals surface area contributed by atoms with Gasteiger partial charge >= 0.3 is 0 Å². The lowest BCUT2D eigenvalue weighted by Crippen LogP contribution is -2.27. The average Bonchev–Trinajstić information content (AvgIpc) is 2.92. The Morgan fingerprint density at radius 1 is 1.32 bits per heavy atom. The highest BCUT2D eigenvalue weighted by molar-refractivity contribution is 5.28. The fourth-order valence-corrected chi connectivity index (χ4v) is 2.24. The van der Waals surface area contributed by atoms with Gasteiger partial charge in [-0.1, -0.05) is 26.0 Å². The van der Waals surface area contributed by atoms with Crippen LogP contribution in [0.1, 0.15) is 31.7 Å². The van der Waals surface area contributed by atoms with Gasteiger partial charge in [0.1, 0.15) is 12.4 Å². The molecule has 1 atom stereocenters. The molecule has 0 aliphatic carbocycles. The van der Waals surface area contributed by atoms with Crippen molar-refractivity contribution in [2.45, 2.75) is 26.2 Å². The Labute approximate surface area is 116 Å². The van der Waals surface area contributed by atoms with Crippen LogP contribution in [0, 0.1) is 5.92 Å². The molecule has 19 heavy (non-hydrogen) atoms. The minimum absolute atomic E-state index is 0.573. The topological polar surface area (TPSA) is 30.5 Å². The summed E-state index contributed by atoms with van der Waals surface area (Å²) >= 11 is 0. The Hall–Kier alpha value is -1.06. The normalized spacial score (nSPS) is 19.0. The van der Waals surface area contributed by atoms with E-state index in [1.165, 1.54) is 12.0 Å². The third kappa shape index (κ3) is 4.84. The number of benzene rings is 1. The predicted molar refractivity (Wildman–Crippen MR) is 77.8 cm³/mol. The number of ether oxygens (including phenoxy) is 2. The molecule has 1 aromatic carbocycles. The summed E-state index contributed by atoms with van der Waals surface area (Å²) in [5.41, 5.74) is 1.35. The molecular weight excluding hydrogens is 238 g/mol. The SMILES string of the molecule is CC(C)c1ccc(OCCNCC2CCOC2)cc1. The van der Waals surface area contributed by atoms with Crippen LogP contribution in [0.2, 0.25) is 0 Å². The van der Waals surface area contributed by atoms with Crippen LogP contribution in [0.3, 0.4) is 0 Å². The van der Waals surface area contributed by atoms with E-state index in [0.29, 0.717) is 18.4 Å². The Morgan fingerprint density at radius 2 is 2.11 bits per heavy atom. The second-order valence-electron chi connectivity index (χ2n) is 5.51. The molecule has 3 nitrogen and oxygen atoms in total. The summed E-state index contributed by atoms with van der Waals surface area (Å²) in [6.07, 6.45) is 1.19. The van der Waals surface area contributed by atoms with Crippen molar-refractivity contribution in [1.29, 1.82) is 0 Å². The first-order valence-corrected chi connectivity index (χ1v) is 7.27. The molecule has 1 unspecified atom stereocenters. The van der Waals surface area contributed by atoms with Crippen molar-refractivity contribution in [2.24, 2.45) is 5.92 Å². The van der Waals surface area contributed by atoms with Crippen molar-refractivity contribution < 1.29 is 9.47 Å². The fourth-order valence-electron chi connectivity index (χ4n) is 2.24. The van der Waals surface area contributed by atoms with Crippen LogP contribution >= 0.6 is 0 Å². The lowest BCUT2D eigenvalue weighted by molar-refractivity contribution is 0.185. The minimum atomic E-state index is 0.573. The van der Waals surface area contributed by atoms with E-state index in [-0.39, 0.29) is 0 Å². The summed E-state index contributed by atoms with van der Waals surface area (Å²) in [6.45, 7) is 8.88. The number of hydrogen-bond donors (Lipinski definition) is 1. The first kappa shape index (κ1) is 14.4. The molecule has 0 saturated carbocycles. The highest BCUT2D eigenvalue weighted by Crippen LogP contribution is 2.18. The average molecular weight is 263 g/mol. The Kier molecular flexibility index (Phi) is 5.67. The van der Waals surface area contributed by atoms with Crippen molar-refractivity contribution in [1.82, 2.24) is 5.32 Å². The molecule has 0 aromatic heterocycles. The maximum Gasteiger partial charge on any atom is 0.119 e. The van der Waals surface area contributed by atoms with Crippen molar-refractivity contribution >= 4 is 0 Å². The zero-order valence-corrected chi connectivity index (χ0v) is 12.0. The highest BCUT2D eigenvalue weighted by atomic mass is 16.5. The molecular formula is C16H25NO2. The molecule has 2 rings (SSSR count). The molecule has 1 saturated heterocycles. The van der Waals surface area contributed by atoms with E-state index in [9.17, 15) is 0 Å². The third-order valence-electron chi connectivity index (χ3n) is 3.55. The molecule has 106 valence electrons. The Balaban J connectivity index is 1.59. The Bertz CT molecular complexity index is 356. The molecule has 0 bridgehead atoms. The fraction of sp³-hybridized carbons (Fsp3) is 0.625. The predicted octanol–water partition coefficient (Wildman–Crippen LogP) is 2.81. The van der Waals surface area contributed by atoms with Crippen LogP contribution in [-0.4, -0.2) is 32.9 Å². The van der Waals surface area contributed by atoms with Crippen LogP contribution in [0.15, 0.2) is 24.3 Å². The summed E-state index contributed by atoms with van der Waals surface area (Å²) in [7, 11) is 0. The lowest BCUT2D eigenvalue weighted by atomic mass is 10.0. The summed E-state index contributed by atoms with van der Waals surface area (Å²) in [5, 5.41) is 3.42. The lowest BCUT2D eigenvalue weighted by Gasteiger charge is -2.11. The van der Waals surface area contributed by atoms with Gasteiger partial charge in [0, 0.05) is 19.7 Å². The summed E-state index contributed by atoms with van der Waals surface area (Å²) in [6, 6.07) is 8.40. The molecule has 1 heterocycles. The van der Waals surface area contributed by atoms with Crippen LogP contribution < -0.4 is 10.1 Å². The maximum absolute atomic E-state index is 5.71. The summed E-state index contributed by atoms with van der Waals surface area (Å²) in [4.78, 5) is 0. The summed E-state index contributed by atoms with van der Waals surface area (Å²) < 4.78 is 11.1. The van der Waals surface area contributed by atoms with E-state index in [2.05, 4.69) is 43.4 Å². The number of nitrogens with one attached hydrogen (secondary N) is 1. The zero-order valence-electron chi connectivity index (χ0n) is 12.0. The van der Waals surface area contributed by atoms with E-state index >= 15 is 0 Å². The molecule has 1 aliphatic heterocycles. The Morgan fingerprint density at radius 3 is 2.74 bits per heavy atom. The summed E-state index contributed by atoms with van der Waals surface area (Å²) in [5.74, 6) is 2.21. The third-order valence-corrected chi connectivity index (χ3v) is 3.55. The molecule has 0 radical (unpaired) electrons. The molecule has 0 amide bonds. The second-order valence-corrected chi connectivity index (χ2v) is 5.51. The number of rotatable bonds is 7. The van der Waals surface area contributed by atoms with Gasteiger partial charge in [0.15, 0.2) is 0 Å². The first-order valence-electron chi connectivity index (χ1n) is 7.27. The minimum Gasteiger partial charge on any atom is -0.492 e. The second kappa shape index (κ2) is 7.51. The standard InChI is InChI=1S/C16H25NO2/c1-13(2)15-3-5-16(6-4-15)19-10-8-17-11-14-7-9-18-12-14/h3-6,13-14,17H,7-12H2,1-2H3. The van der Waals surface area contributed by atoms with Gasteiger partial charge in [0.05, 0.1) is 6.61 Å². The molecule has 1 N–H and O–H groups in total. The van der Waals surface area contributed by atoms with Crippen LogP contribution in [0.4, 0.5) is 0 Å². The van der Waals surface area contributed by atoms with Crippen molar-refractivity contribution in [3.05, 3.63) is 29.8 Å². The van der Waals surface area contributed by atoms with E-state index in [1.54, 1.807) is 0 Å². The van der Waals surface area contributed by atoms with Gasteiger partial charge in [-0.2, -0.15) is 0 Å². The smallest absolute Gasteiger partial charge is 0.119 e. The van der Waals surface area contributed by atoms with Gasteiger partial charge < -0.3 is 14.8 Å². The quantitative estimate of drug-likeness (QED) is 0.767. The van der Waals surface area contributed by atoms with E-state index in [1.807, 2.05) is 0 Å². The monoisotopic (exact) mass is 263 g/mol. The highest BCUT2D eigenvalue weighted by Gasteiger charge is 2.14. The van der Waals surface area contributed by atoms with Crippen molar-refractivity contribution in [2.75, 3.05) is 32.9 Å². The van der Waals surface area contributed by atoms with E-state index < -0.39 is 0 Å². The van der Waals surface area contributed by atoms with Crippen LogP contribution in [-0.2, 0) is 4.74 Å². The van der Waals surface area contributed by atoms with Crippen LogP contribution in [0.25, 0.3) is 0 Å². The molecule has 1 fully saturated rings. The van der Waals surface area contributed by atoms with Gasteiger partial charge in [-0.05, 0) is 36.0 Å². The maximum atomic E-state index is 5.71. The van der Waals surface area contributed by atoms with Gasteiger partial charge in [0.2, 0.25) is 0 Å². The molecule has 1 aromatic rings. The van der Waals surface area contributed by atoms with Gasteiger partial charge in [-0.3, -0.25) is 0 Å². The van der Waals surface area contributed by atoms with Crippen molar-refractivity contribution in [3.8, 4) is 5.75 Å². The zero-order chi connectivity index (χ0) is 13.5. The van der Waals surface area contributed by atoms with Gasteiger partial charge in [0.25, 0.3) is 0 Å². The van der Waals surface area contributed by atoms with Crippen molar-refractivity contribution in [3.63, 3.8) is 0 Å².